The number of benzene rings is 2. The lowest BCUT2D eigenvalue weighted by Crippen LogP contribution is -2.47. The van der Waals surface area contributed by atoms with Crippen molar-refractivity contribution in [2.75, 3.05) is 60.6 Å². The smallest absolute Gasteiger partial charge is 0.203 e. The Kier molecular flexibility index (Phi) is 13.7. The number of rotatable bonds is 11. The molecule has 1 saturated heterocycles. The molecule has 0 atom stereocenters. The summed E-state index contributed by atoms with van der Waals surface area (Å²) in [5.41, 5.74) is 2.22. The van der Waals surface area contributed by atoms with Gasteiger partial charge in [0.15, 0.2) is 17.3 Å². The fraction of sp³-hybridized carbons (Fsp3) is 0.423. The minimum Gasteiger partial charge on any atom is -0.493 e. The first kappa shape index (κ1) is 29.8. The van der Waals surface area contributed by atoms with E-state index in [-0.39, 0.29) is 30.6 Å². The van der Waals surface area contributed by atoms with Crippen molar-refractivity contribution in [1.82, 2.24) is 9.80 Å². The lowest BCUT2D eigenvalue weighted by molar-refractivity contribution is -0.114. The average molecular weight is 511 g/mol. The first-order valence-corrected chi connectivity index (χ1v) is 11.1. The van der Waals surface area contributed by atoms with Crippen LogP contribution in [-0.4, -0.2) is 76.2 Å². The number of ether oxygens (including phenoxy) is 3. The zero-order valence-corrected chi connectivity index (χ0v) is 21.8. The maximum atomic E-state index is 12.4. The van der Waals surface area contributed by atoms with Crippen molar-refractivity contribution in [3.05, 3.63) is 59.7 Å². The average Bonchev–Trinajstić information content (AvgIpc) is 2.85. The Hall–Kier alpha value is -2.25. The highest BCUT2D eigenvalue weighted by molar-refractivity contribution is 5.93. The first-order chi connectivity index (χ1) is 15.6. The number of carbonyl (C=O) groups excluding carboxylic acids is 1. The van der Waals surface area contributed by atoms with E-state index in [1.807, 2.05) is 12.1 Å². The second-order valence-corrected chi connectivity index (χ2v) is 7.93. The highest BCUT2D eigenvalue weighted by Gasteiger charge is 2.17. The van der Waals surface area contributed by atoms with Gasteiger partial charge < -0.3 is 24.0 Å². The number of ketones is 1. The first-order valence-electron chi connectivity index (χ1n) is 11.1. The van der Waals surface area contributed by atoms with E-state index in [1.54, 1.807) is 33.5 Å². The number of hydrogen-bond donors (Lipinski definition) is 0. The molecule has 0 saturated carbocycles. The van der Waals surface area contributed by atoms with Gasteiger partial charge in [0.1, 0.15) is 0 Å². The van der Waals surface area contributed by atoms with E-state index in [2.05, 4.69) is 40.1 Å². The Bertz CT molecular complexity index is 876. The molecular formula is C26H36Cl2N2O4. The number of piperazine rings is 1. The van der Waals surface area contributed by atoms with Crippen LogP contribution in [0.25, 0.3) is 6.08 Å². The van der Waals surface area contributed by atoms with E-state index in [4.69, 9.17) is 14.2 Å². The van der Waals surface area contributed by atoms with Gasteiger partial charge in [0, 0.05) is 45.7 Å². The van der Waals surface area contributed by atoms with Crippen LogP contribution in [0.4, 0.5) is 0 Å². The van der Waals surface area contributed by atoms with Crippen LogP contribution < -0.4 is 14.2 Å². The molecule has 2 aromatic carbocycles. The van der Waals surface area contributed by atoms with E-state index < -0.39 is 0 Å². The molecule has 0 amide bonds. The van der Waals surface area contributed by atoms with Crippen LogP contribution in [0.2, 0.25) is 0 Å². The normalized spacial score (nSPS) is 14.2. The molecule has 1 heterocycles. The van der Waals surface area contributed by atoms with Crippen LogP contribution in [0.5, 0.6) is 17.2 Å². The quantitative estimate of drug-likeness (QED) is 0.418. The maximum Gasteiger partial charge on any atom is 0.203 e. The second kappa shape index (κ2) is 15.6. The summed E-state index contributed by atoms with van der Waals surface area (Å²) in [7, 11) is 4.73. The third kappa shape index (κ3) is 8.84. The van der Waals surface area contributed by atoms with Gasteiger partial charge in [0.2, 0.25) is 5.75 Å². The molecule has 0 N–H and O–H groups in total. The highest BCUT2D eigenvalue weighted by Crippen LogP contribution is 2.38. The van der Waals surface area contributed by atoms with E-state index in [0.29, 0.717) is 23.7 Å². The molecule has 1 aliphatic heterocycles. The number of nitrogens with zero attached hydrogens (tertiary/aromatic N) is 2. The molecule has 34 heavy (non-hydrogen) atoms. The van der Waals surface area contributed by atoms with Gasteiger partial charge in [-0.3, -0.25) is 4.79 Å². The summed E-state index contributed by atoms with van der Waals surface area (Å²) in [6.07, 6.45) is 5.04. The van der Waals surface area contributed by atoms with Crippen molar-refractivity contribution in [2.45, 2.75) is 12.8 Å². The Morgan fingerprint density at radius 1 is 0.853 bits per heavy atom. The molecule has 0 unspecified atom stereocenters. The second-order valence-electron chi connectivity index (χ2n) is 7.93. The molecule has 1 aliphatic rings. The predicted octanol–water partition coefficient (Wildman–Crippen LogP) is 4.39. The van der Waals surface area contributed by atoms with Crippen molar-refractivity contribution in [2.24, 2.45) is 0 Å². The molecule has 6 nitrogen and oxygen atoms in total. The van der Waals surface area contributed by atoms with Crippen LogP contribution in [0.1, 0.15) is 17.5 Å². The monoisotopic (exact) mass is 510 g/mol. The minimum absolute atomic E-state index is 0. The summed E-state index contributed by atoms with van der Waals surface area (Å²) in [5, 5.41) is 0. The molecule has 0 aromatic heterocycles. The van der Waals surface area contributed by atoms with Gasteiger partial charge >= 0.3 is 0 Å². The van der Waals surface area contributed by atoms with E-state index in [9.17, 15) is 4.79 Å². The molecule has 1 fully saturated rings. The molecule has 0 spiro atoms. The van der Waals surface area contributed by atoms with Crippen molar-refractivity contribution < 1.29 is 19.0 Å². The zero-order valence-electron chi connectivity index (χ0n) is 20.2. The summed E-state index contributed by atoms with van der Waals surface area (Å²) in [6.45, 7) is 6.03. The van der Waals surface area contributed by atoms with Gasteiger partial charge in [-0.15, -0.1) is 24.8 Å². The zero-order chi connectivity index (χ0) is 22.8. The van der Waals surface area contributed by atoms with Gasteiger partial charge in [-0.1, -0.05) is 36.4 Å². The minimum atomic E-state index is 0. The molecule has 0 aliphatic carbocycles. The lowest BCUT2D eigenvalue weighted by atomic mass is 10.1. The largest absolute Gasteiger partial charge is 0.493 e. The van der Waals surface area contributed by atoms with Crippen molar-refractivity contribution in [1.29, 1.82) is 0 Å². The maximum absolute atomic E-state index is 12.4. The van der Waals surface area contributed by atoms with E-state index in [0.717, 1.165) is 51.3 Å². The molecule has 188 valence electrons. The SMILES string of the molecule is COc1cc(C=CC(=O)CCN2CCN(CCc3ccccc3)CC2)cc(OC)c1OC.Cl.Cl. The fourth-order valence-corrected chi connectivity index (χ4v) is 3.91. The van der Waals surface area contributed by atoms with Gasteiger partial charge in [-0.25, -0.2) is 0 Å². The van der Waals surface area contributed by atoms with Gasteiger partial charge in [0.05, 0.1) is 21.3 Å². The van der Waals surface area contributed by atoms with Crippen molar-refractivity contribution in [3.63, 3.8) is 0 Å². The molecule has 8 heteroatoms. The Morgan fingerprint density at radius 3 is 1.94 bits per heavy atom. The van der Waals surface area contributed by atoms with Crippen LogP contribution in [-0.2, 0) is 11.2 Å². The Labute approximate surface area is 215 Å². The topological polar surface area (TPSA) is 51.2 Å². The van der Waals surface area contributed by atoms with Crippen molar-refractivity contribution in [3.8, 4) is 17.2 Å². The van der Waals surface area contributed by atoms with Gasteiger partial charge in [0.25, 0.3) is 0 Å². The molecule has 0 radical (unpaired) electrons. The van der Waals surface area contributed by atoms with Gasteiger partial charge in [-0.05, 0) is 35.8 Å². The fourth-order valence-electron chi connectivity index (χ4n) is 3.91. The van der Waals surface area contributed by atoms with Crippen LogP contribution in [0.15, 0.2) is 48.5 Å². The summed E-state index contributed by atoms with van der Waals surface area (Å²) in [4.78, 5) is 17.3. The molecule has 3 rings (SSSR count). The van der Waals surface area contributed by atoms with Crippen LogP contribution >= 0.6 is 24.8 Å². The number of allylic oxidation sites excluding steroid dienone is 1. The molecular weight excluding hydrogens is 475 g/mol. The predicted molar refractivity (Wildman–Crippen MR) is 142 cm³/mol. The Morgan fingerprint density at radius 2 is 1.41 bits per heavy atom. The summed E-state index contributed by atoms with van der Waals surface area (Å²) in [5.74, 6) is 1.81. The molecule has 0 bridgehead atoms. The summed E-state index contributed by atoms with van der Waals surface area (Å²) >= 11 is 0. The van der Waals surface area contributed by atoms with E-state index >= 15 is 0 Å². The van der Waals surface area contributed by atoms with Crippen molar-refractivity contribution >= 4 is 36.7 Å². The number of halogens is 2. The Balaban J connectivity index is 0.00000289. The number of hydrogen-bond acceptors (Lipinski definition) is 6. The number of methoxy groups -OCH3 is 3. The summed E-state index contributed by atoms with van der Waals surface area (Å²) < 4.78 is 16.1. The third-order valence-electron chi connectivity index (χ3n) is 5.85. The summed E-state index contributed by atoms with van der Waals surface area (Å²) in [6, 6.07) is 14.3. The van der Waals surface area contributed by atoms with Crippen LogP contribution in [0, 0.1) is 0 Å². The number of carbonyl (C=O) groups is 1. The van der Waals surface area contributed by atoms with Crippen LogP contribution in [0.3, 0.4) is 0 Å². The third-order valence-corrected chi connectivity index (χ3v) is 5.85. The molecule has 2 aromatic rings. The van der Waals surface area contributed by atoms with E-state index in [1.165, 1.54) is 5.56 Å². The lowest BCUT2D eigenvalue weighted by Gasteiger charge is -2.34. The standard InChI is InChI=1S/C26H34N2O4.2ClH/c1-30-24-19-22(20-25(31-2)26(24)32-3)9-10-23(29)12-14-28-17-15-27(16-18-28)13-11-21-7-5-4-6-8-21;;/h4-10,19-20H,11-18H2,1-3H3;2*1H. The highest BCUT2D eigenvalue weighted by atomic mass is 35.5. The van der Waals surface area contributed by atoms with Gasteiger partial charge in [-0.2, -0.15) is 0 Å².